The predicted molar refractivity (Wildman–Crippen MR) is 81.6 cm³/mol. The van der Waals surface area contributed by atoms with E-state index in [9.17, 15) is 9.59 Å². The molecule has 9 heteroatoms. The second kappa shape index (κ2) is 5.77. The standard InChI is InChI=1S/C15H10N6O3/c16-4-12-18-5-9(6-19-12)8-1-2-11-10(3-8)14(15(17)24)20-21(11)7-13(22)23/h1-3,5-6H,7H2,(H2,17,24)(H,22,23). The molecular weight excluding hydrogens is 312 g/mol. The highest BCUT2D eigenvalue weighted by atomic mass is 16.4. The molecule has 0 unspecified atom stereocenters. The fourth-order valence-corrected chi connectivity index (χ4v) is 2.32. The Bertz CT molecular complexity index is 1000. The maximum atomic E-state index is 11.6. The number of carbonyl (C=O) groups is 2. The first-order valence-corrected chi connectivity index (χ1v) is 6.74. The van der Waals surface area contributed by atoms with Gasteiger partial charge in [0.1, 0.15) is 12.6 Å². The minimum atomic E-state index is -1.08. The monoisotopic (exact) mass is 322 g/mol. The summed E-state index contributed by atoms with van der Waals surface area (Å²) in [7, 11) is 0. The van der Waals surface area contributed by atoms with Crippen LogP contribution in [0.3, 0.4) is 0 Å². The molecule has 0 aliphatic heterocycles. The van der Waals surface area contributed by atoms with Crippen molar-refractivity contribution < 1.29 is 14.7 Å². The highest BCUT2D eigenvalue weighted by Crippen LogP contribution is 2.26. The maximum absolute atomic E-state index is 11.6. The number of aliphatic carboxylic acids is 1. The summed E-state index contributed by atoms with van der Waals surface area (Å²) < 4.78 is 1.21. The van der Waals surface area contributed by atoms with Gasteiger partial charge in [-0.3, -0.25) is 14.3 Å². The minimum absolute atomic E-state index is 0.0114. The summed E-state index contributed by atoms with van der Waals surface area (Å²) in [4.78, 5) is 30.3. The molecule has 118 valence electrons. The van der Waals surface area contributed by atoms with Gasteiger partial charge in [0, 0.05) is 23.3 Å². The lowest BCUT2D eigenvalue weighted by atomic mass is 10.1. The zero-order chi connectivity index (χ0) is 17.3. The van der Waals surface area contributed by atoms with Crippen LogP contribution in [0.15, 0.2) is 30.6 Å². The first-order chi connectivity index (χ1) is 11.5. The SMILES string of the molecule is N#Cc1ncc(-c2ccc3c(c2)c(C(N)=O)nn3CC(=O)O)cn1. The van der Waals surface area contributed by atoms with Gasteiger partial charge in [0.25, 0.3) is 5.91 Å². The van der Waals surface area contributed by atoms with Crippen molar-refractivity contribution in [3.05, 3.63) is 42.1 Å². The third-order valence-corrected chi connectivity index (χ3v) is 3.35. The fraction of sp³-hybridized carbons (Fsp3) is 0.0667. The summed E-state index contributed by atoms with van der Waals surface area (Å²) in [5.41, 5.74) is 7.11. The van der Waals surface area contributed by atoms with Gasteiger partial charge < -0.3 is 10.8 Å². The Hall–Kier alpha value is -3.80. The summed E-state index contributed by atoms with van der Waals surface area (Å²) in [5.74, 6) is -1.79. The first-order valence-electron chi connectivity index (χ1n) is 6.74. The average Bonchev–Trinajstić information content (AvgIpc) is 2.92. The van der Waals surface area contributed by atoms with Gasteiger partial charge in [0.15, 0.2) is 5.69 Å². The van der Waals surface area contributed by atoms with Gasteiger partial charge in [0.05, 0.1) is 5.52 Å². The number of rotatable bonds is 4. The normalized spacial score (nSPS) is 10.5. The molecule has 0 saturated heterocycles. The summed E-state index contributed by atoms with van der Waals surface area (Å²) in [6.45, 7) is -0.386. The van der Waals surface area contributed by atoms with Gasteiger partial charge >= 0.3 is 5.97 Å². The summed E-state index contributed by atoms with van der Waals surface area (Å²) in [6.07, 6.45) is 2.97. The lowest BCUT2D eigenvalue weighted by Crippen LogP contribution is -2.14. The van der Waals surface area contributed by atoms with E-state index in [2.05, 4.69) is 15.1 Å². The molecular formula is C15H10N6O3. The molecule has 1 amide bonds. The van der Waals surface area contributed by atoms with Crippen molar-refractivity contribution in [1.29, 1.82) is 5.26 Å². The quantitative estimate of drug-likeness (QED) is 0.712. The minimum Gasteiger partial charge on any atom is -0.480 e. The molecule has 0 bridgehead atoms. The van der Waals surface area contributed by atoms with Crippen LogP contribution in [-0.2, 0) is 11.3 Å². The van der Waals surface area contributed by atoms with E-state index in [-0.39, 0.29) is 18.1 Å². The van der Waals surface area contributed by atoms with E-state index in [1.54, 1.807) is 18.2 Å². The molecule has 0 saturated carbocycles. The molecule has 0 aliphatic carbocycles. The third kappa shape index (κ3) is 2.64. The number of aromatic nitrogens is 4. The van der Waals surface area contributed by atoms with E-state index < -0.39 is 11.9 Å². The van der Waals surface area contributed by atoms with Crippen LogP contribution in [0.5, 0.6) is 0 Å². The van der Waals surface area contributed by atoms with Crippen LogP contribution in [0.1, 0.15) is 16.3 Å². The molecule has 0 aliphatic rings. The van der Waals surface area contributed by atoms with Gasteiger partial charge in [-0.05, 0) is 17.7 Å². The molecule has 9 nitrogen and oxygen atoms in total. The van der Waals surface area contributed by atoms with Crippen LogP contribution < -0.4 is 5.73 Å². The number of carbonyl (C=O) groups excluding carboxylic acids is 1. The molecule has 0 fully saturated rings. The molecule has 1 aromatic carbocycles. The Kier molecular flexibility index (Phi) is 3.63. The van der Waals surface area contributed by atoms with Crippen LogP contribution in [0.4, 0.5) is 0 Å². The molecule has 0 atom stereocenters. The van der Waals surface area contributed by atoms with Crippen molar-refractivity contribution in [2.45, 2.75) is 6.54 Å². The number of nitrogens with two attached hydrogens (primary N) is 1. The van der Waals surface area contributed by atoms with Crippen molar-refractivity contribution in [3.8, 4) is 17.2 Å². The number of hydrogen-bond acceptors (Lipinski definition) is 6. The third-order valence-electron chi connectivity index (χ3n) is 3.35. The van der Waals surface area contributed by atoms with E-state index in [1.807, 2.05) is 6.07 Å². The average molecular weight is 322 g/mol. The van der Waals surface area contributed by atoms with Crippen LogP contribution >= 0.6 is 0 Å². The molecule has 0 radical (unpaired) electrons. The van der Waals surface area contributed by atoms with Crippen LogP contribution in [0.2, 0.25) is 0 Å². The van der Waals surface area contributed by atoms with Gasteiger partial charge in [-0.2, -0.15) is 10.4 Å². The topological polar surface area (TPSA) is 148 Å². The Morgan fingerprint density at radius 2 is 1.96 bits per heavy atom. The first kappa shape index (κ1) is 15.1. The molecule has 24 heavy (non-hydrogen) atoms. The van der Waals surface area contributed by atoms with Crippen LogP contribution in [0, 0.1) is 11.3 Å². The molecule has 3 aromatic rings. The number of benzene rings is 1. The lowest BCUT2D eigenvalue weighted by Gasteiger charge is -2.03. The van der Waals surface area contributed by atoms with Crippen molar-refractivity contribution in [3.63, 3.8) is 0 Å². The highest BCUT2D eigenvalue weighted by Gasteiger charge is 2.17. The lowest BCUT2D eigenvalue weighted by molar-refractivity contribution is -0.137. The fourth-order valence-electron chi connectivity index (χ4n) is 2.32. The summed E-state index contributed by atoms with van der Waals surface area (Å²) in [6, 6.07) is 6.85. The van der Waals surface area contributed by atoms with Crippen LogP contribution in [0.25, 0.3) is 22.0 Å². The zero-order valence-corrected chi connectivity index (χ0v) is 12.2. The van der Waals surface area contributed by atoms with Gasteiger partial charge in [0.2, 0.25) is 5.82 Å². The summed E-state index contributed by atoms with van der Waals surface area (Å²) >= 11 is 0. The molecule has 3 rings (SSSR count). The number of nitriles is 1. The molecule has 2 aromatic heterocycles. The van der Waals surface area contributed by atoms with E-state index in [0.717, 1.165) is 0 Å². The molecule has 2 heterocycles. The van der Waals surface area contributed by atoms with Crippen molar-refractivity contribution >= 4 is 22.8 Å². The number of carboxylic acid groups (broad SMARTS) is 1. The molecule has 3 N–H and O–H groups in total. The van der Waals surface area contributed by atoms with Gasteiger partial charge in [-0.15, -0.1) is 0 Å². The van der Waals surface area contributed by atoms with Crippen molar-refractivity contribution in [2.24, 2.45) is 5.73 Å². The number of carboxylic acids is 1. The van der Waals surface area contributed by atoms with E-state index in [0.29, 0.717) is 22.0 Å². The Morgan fingerprint density at radius 1 is 1.25 bits per heavy atom. The van der Waals surface area contributed by atoms with E-state index in [1.165, 1.54) is 17.1 Å². The Morgan fingerprint density at radius 3 is 2.54 bits per heavy atom. The Labute approximate surface area is 135 Å². The number of hydrogen-bond donors (Lipinski definition) is 2. The predicted octanol–water partition coefficient (Wildman–Crippen LogP) is 0.548. The summed E-state index contributed by atoms with van der Waals surface area (Å²) in [5, 5.41) is 22.1. The maximum Gasteiger partial charge on any atom is 0.325 e. The number of fused-ring (bicyclic) bond motifs is 1. The second-order valence-electron chi connectivity index (χ2n) is 4.90. The smallest absolute Gasteiger partial charge is 0.325 e. The zero-order valence-electron chi connectivity index (χ0n) is 12.2. The van der Waals surface area contributed by atoms with E-state index >= 15 is 0 Å². The largest absolute Gasteiger partial charge is 0.480 e. The number of nitrogens with zero attached hydrogens (tertiary/aromatic N) is 5. The number of primary amides is 1. The van der Waals surface area contributed by atoms with Gasteiger partial charge in [-0.25, -0.2) is 9.97 Å². The second-order valence-corrected chi connectivity index (χ2v) is 4.90. The molecule has 0 spiro atoms. The van der Waals surface area contributed by atoms with Crippen molar-refractivity contribution in [1.82, 2.24) is 19.7 Å². The highest BCUT2D eigenvalue weighted by molar-refractivity contribution is 6.05. The Balaban J connectivity index is 2.15. The van der Waals surface area contributed by atoms with Gasteiger partial charge in [-0.1, -0.05) is 6.07 Å². The van der Waals surface area contributed by atoms with Crippen LogP contribution in [-0.4, -0.2) is 36.7 Å². The van der Waals surface area contributed by atoms with E-state index in [4.69, 9.17) is 16.1 Å². The van der Waals surface area contributed by atoms with Crippen molar-refractivity contribution in [2.75, 3.05) is 0 Å². The number of amides is 1.